The molecule has 18 heavy (non-hydrogen) atoms. The van der Waals surface area contributed by atoms with Gasteiger partial charge >= 0.3 is 0 Å². The van der Waals surface area contributed by atoms with Gasteiger partial charge in [0.2, 0.25) is 0 Å². The fourth-order valence-corrected chi connectivity index (χ4v) is 2.56. The molecule has 1 aliphatic rings. The van der Waals surface area contributed by atoms with E-state index in [4.69, 9.17) is 5.73 Å². The van der Waals surface area contributed by atoms with Crippen molar-refractivity contribution >= 4 is 10.9 Å². The number of para-hydroxylation sites is 1. The Balaban J connectivity index is 1.92. The molecule has 0 aliphatic carbocycles. The van der Waals surface area contributed by atoms with Crippen molar-refractivity contribution in [1.29, 1.82) is 0 Å². The van der Waals surface area contributed by atoms with Gasteiger partial charge in [0.05, 0.1) is 0 Å². The summed E-state index contributed by atoms with van der Waals surface area (Å²) in [6.45, 7) is 2.55. The number of hydrogen-bond donors (Lipinski definition) is 2. The number of pyridine rings is 1. The first-order valence-corrected chi connectivity index (χ1v) is 6.31. The third kappa shape index (κ3) is 2.17. The number of likely N-dealkylation sites (tertiary alicyclic amines) is 1. The van der Waals surface area contributed by atoms with Crippen LogP contribution in [-0.2, 0) is 6.54 Å². The van der Waals surface area contributed by atoms with Gasteiger partial charge < -0.3 is 10.7 Å². The molecule has 1 unspecified atom stereocenters. The maximum atomic E-state index is 12.0. The van der Waals surface area contributed by atoms with E-state index in [1.54, 1.807) is 0 Å². The summed E-state index contributed by atoms with van der Waals surface area (Å²) < 4.78 is 0. The van der Waals surface area contributed by atoms with Crippen LogP contribution in [0.1, 0.15) is 12.0 Å². The number of aromatic amines is 1. The summed E-state index contributed by atoms with van der Waals surface area (Å²) in [7, 11) is 0. The fourth-order valence-electron chi connectivity index (χ4n) is 2.56. The molecule has 0 saturated carbocycles. The van der Waals surface area contributed by atoms with Crippen LogP contribution >= 0.6 is 0 Å². The number of aromatic nitrogens is 1. The van der Waals surface area contributed by atoms with E-state index >= 15 is 0 Å². The second kappa shape index (κ2) is 4.55. The monoisotopic (exact) mass is 243 g/mol. The summed E-state index contributed by atoms with van der Waals surface area (Å²) in [5, 5.41) is 1.08. The topological polar surface area (TPSA) is 62.1 Å². The summed E-state index contributed by atoms with van der Waals surface area (Å²) in [6.07, 6.45) is 1.02. The minimum Gasteiger partial charge on any atom is -0.326 e. The van der Waals surface area contributed by atoms with Crippen LogP contribution in [0.15, 0.2) is 35.1 Å². The molecule has 1 aromatic carbocycles. The Bertz CT molecular complexity index is 620. The van der Waals surface area contributed by atoms with Crippen molar-refractivity contribution in [2.75, 3.05) is 13.1 Å². The van der Waals surface area contributed by atoms with Crippen LogP contribution in [0.25, 0.3) is 10.9 Å². The number of hydrogen-bond acceptors (Lipinski definition) is 3. The largest absolute Gasteiger partial charge is 0.326 e. The smallest absolute Gasteiger partial charge is 0.252 e. The van der Waals surface area contributed by atoms with Crippen LogP contribution in [-0.4, -0.2) is 29.0 Å². The Hall–Kier alpha value is -1.65. The number of benzene rings is 1. The molecule has 0 radical (unpaired) electrons. The quantitative estimate of drug-likeness (QED) is 0.829. The van der Waals surface area contributed by atoms with E-state index in [1.165, 1.54) is 0 Å². The summed E-state index contributed by atoms with van der Waals surface area (Å²) in [5.41, 5.74) is 7.60. The fraction of sp³-hybridized carbons (Fsp3) is 0.357. The average molecular weight is 243 g/mol. The Morgan fingerprint density at radius 1 is 1.39 bits per heavy atom. The van der Waals surface area contributed by atoms with Crippen molar-refractivity contribution in [3.8, 4) is 0 Å². The van der Waals surface area contributed by atoms with Crippen molar-refractivity contribution in [3.05, 3.63) is 46.2 Å². The van der Waals surface area contributed by atoms with Crippen LogP contribution in [0, 0.1) is 0 Å². The summed E-state index contributed by atoms with van der Waals surface area (Å²) in [6, 6.07) is 10.1. The van der Waals surface area contributed by atoms with Crippen molar-refractivity contribution in [1.82, 2.24) is 9.88 Å². The Labute approximate surface area is 105 Å². The maximum Gasteiger partial charge on any atom is 0.252 e. The van der Waals surface area contributed by atoms with E-state index in [0.717, 1.165) is 36.0 Å². The highest BCUT2D eigenvalue weighted by Gasteiger charge is 2.19. The lowest BCUT2D eigenvalue weighted by Gasteiger charge is -2.14. The molecule has 1 saturated heterocycles. The second-order valence-corrected chi connectivity index (χ2v) is 4.99. The van der Waals surface area contributed by atoms with Crippen LogP contribution in [0.5, 0.6) is 0 Å². The SMILES string of the molecule is NC1CCN(Cc2cc3ccccc3[nH]c2=O)C1. The molecule has 1 atom stereocenters. The van der Waals surface area contributed by atoms with E-state index < -0.39 is 0 Å². The van der Waals surface area contributed by atoms with Crippen molar-refractivity contribution < 1.29 is 0 Å². The van der Waals surface area contributed by atoms with Gasteiger partial charge in [-0.15, -0.1) is 0 Å². The standard InChI is InChI=1S/C14H17N3O/c15-12-5-6-17(9-12)8-11-7-10-3-1-2-4-13(10)16-14(11)18/h1-4,7,12H,5-6,8-9,15H2,(H,16,18). The van der Waals surface area contributed by atoms with Gasteiger partial charge in [0.25, 0.3) is 5.56 Å². The van der Waals surface area contributed by atoms with Gasteiger partial charge in [0.15, 0.2) is 0 Å². The number of H-pyrrole nitrogens is 1. The molecule has 1 aromatic heterocycles. The summed E-state index contributed by atoms with van der Waals surface area (Å²) >= 11 is 0. The lowest BCUT2D eigenvalue weighted by molar-refractivity contribution is 0.325. The van der Waals surface area contributed by atoms with Gasteiger partial charge in [-0.25, -0.2) is 0 Å². The van der Waals surface area contributed by atoms with Gasteiger partial charge in [0.1, 0.15) is 0 Å². The minimum atomic E-state index is 0.00849. The molecule has 1 aliphatic heterocycles. The highest BCUT2D eigenvalue weighted by atomic mass is 16.1. The van der Waals surface area contributed by atoms with Crippen molar-refractivity contribution in [2.45, 2.75) is 19.0 Å². The molecule has 2 heterocycles. The highest BCUT2D eigenvalue weighted by Crippen LogP contribution is 2.14. The predicted octanol–water partition coefficient (Wildman–Crippen LogP) is 1.06. The average Bonchev–Trinajstić information content (AvgIpc) is 2.76. The Morgan fingerprint density at radius 2 is 2.22 bits per heavy atom. The van der Waals surface area contributed by atoms with Crippen LogP contribution < -0.4 is 11.3 Å². The molecule has 0 bridgehead atoms. The molecule has 4 heteroatoms. The van der Waals surface area contributed by atoms with Gasteiger partial charge in [-0.2, -0.15) is 0 Å². The van der Waals surface area contributed by atoms with Crippen LogP contribution in [0.4, 0.5) is 0 Å². The molecule has 4 nitrogen and oxygen atoms in total. The second-order valence-electron chi connectivity index (χ2n) is 4.99. The van der Waals surface area contributed by atoms with Gasteiger partial charge in [-0.1, -0.05) is 18.2 Å². The zero-order chi connectivity index (χ0) is 12.5. The molecule has 3 N–H and O–H groups in total. The van der Waals surface area contributed by atoms with Gasteiger partial charge in [-0.3, -0.25) is 9.69 Å². The number of nitrogens with one attached hydrogen (secondary N) is 1. The Kier molecular flexibility index (Phi) is 2.89. The number of fused-ring (bicyclic) bond motifs is 1. The van der Waals surface area contributed by atoms with Crippen molar-refractivity contribution in [3.63, 3.8) is 0 Å². The molecule has 0 amide bonds. The number of rotatable bonds is 2. The van der Waals surface area contributed by atoms with Crippen LogP contribution in [0.2, 0.25) is 0 Å². The van der Waals surface area contributed by atoms with Gasteiger partial charge in [0, 0.05) is 36.8 Å². The van der Waals surface area contributed by atoms with E-state index in [9.17, 15) is 4.79 Å². The minimum absolute atomic E-state index is 0.00849. The third-order valence-electron chi connectivity index (χ3n) is 3.53. The van der Waals surface area contributed by atoms with Crippen molar-refractivity contribution in [2.24, 2.45) is 5.73 Å². The zero-order valence-corrected chi connectivity index (χ0v) is 10.2. The first-order chi connectivity index (χ1) is 8.72. The molecular weight excluding hydrogens is 226 g/mol. The van der Waals surface area contributed by atoms with Crippen LogP contribution in [0.3, 0.4) is 0 Å². The highest BCUT2D eigenvalue weighted by molar-refractivity contribution is 5.78. The number of nitrogens with two attached hydrogens (primary N) is 1. The third-order valence-corrected chi connectivity index (χ3v) is 3.53. The number of nitrogens with zero attached hydrogens (tertiary/aromatic N) is 1. The molecule has 2 aromatic rings. The Morgan fingerprint density at radius 3 is 3.00 bits per heavy atom. The first kappa shape index (κ1) is 11.4. The normalized spacial score (nSPS) is 20.6. The molecular formula is C14H17N3O. The summed E-state index contributed by atoms with van der Waals surface area (Å²) in [5.74, 6) is 0. The molecule has 1 fully saturated rings. The van der Waals surface area contributed by atoms with Gasteiger partial charge in [-0.05, 0) is 23.9 Å². The van der Waals surface area contributed by atoms with E-state index in [1.807, 2.05) is 30.3 Å². The van der Waals surface area contributed by atoms with E-state index in [-0.39, 0.29) is 11.6 Å². The predicted molar refractivity (Wildman–Crippen MR) is 72.4 cm³/mol. The summed E-state index contributed by atoms with van der Waals surface area (Å²) in [4.78, 5) is 17.2. The first-order valence-electron chi connectivity index (χ1n) is 6.31. The maximum absolute atomic E-state index is 12.0. The van der Waals surface area contributed by atoms with E-state index in [2.05, 4.69) is 9.88 Å². The molecule has 0 spiro atoms. The van der Waals surface area contributed by atoms with E-state index in [0.29, 0.717) is 6.54 Å². The molecule has 3 rings (SSSR count). The lowest BCUT2D eigenvalue weighted by Crippen LogP contribution is -2.28. The molecule has 94 valence electrons. The lowest BCUT2D eigenvalue weighted by atomic mass is 10.1. The zero-order valence-electron chi connectivity index (χ0n) is 10.2.